The average molecular weight is 228 g/mol. The Morgan fingerprint density at radius 3 is 2.62 bits per heavy atom. The summed E-state index contributed by atoms with van der Waals surface area (Å²) >= 11 is 0. The summed E-state index contributed by atoms with van der Waals surface area (Å²) < 4.78 is 0. The molecule has 1 unspecified atom stereocenters. The van der Waals surface area contributed by atoms with Gasteiger partial charge in [0.05, 0.1) is 6.04 Å². The standard InChI is InChI=1S/C11H24N4O/c1-9(11(12)13-16)15(3)8-10-4-6-14(2)7-5-10/h9-10,16H,4-8H2,1-3H3,(H2,12,13). The molecule has 1 aliphatic heterocycles. The highest BCUT2D eigenvalue weighted by Crippen LogP contribution is 2.17. The number of oxime groups is 1. The highest BCUT2D eigenvalue weighted by molar-refractivity contribution is 5.84. The third kappa shape index (κ3) is 3.64. The number of amidine groups is 1. The Balaban J connectivity index is 2.36. The summed E-state index contributed by atoms with van der Waals surface area (Å²) in [4.78, 5) is 4.52. The Labute approximate surface area is 97.9 Å². The maximum Gasteiger partial charge on any atom is 0.156 e. The molecular weight excluding hydrogens is 204 g/mol. The Bertz CT molecular complexity index is 236. The maximum absolute atomic E-state index is 8.62. The summed E-state index contributed by atoms with van der Waals surface area (Å²) in [6.45, 7) is 5.34. The molecule has 0 radical (unpaired) electrons. The highest BCUT2D eigenvalue weighted by atomic mass is 16.4. The van der Waals surface area contributed by atoms with Crippen molar-refractivity contribution < 1.29 is 5.21 Å². The van der Waals surface area contributed by atoms with E-state index in [9.17, 15) is 0 Å². The lowest BCUT2D eigenvalue weighted by atomic mass is 9.96. The molecule has 1 rings (SSSR count). The lowest BCUT2D eigenvalue weighted by Gasteiger charge is -2.33. The van der Waals surface area contributed by atoms with Crippen molar-refractivity contribution in [2.45, 2.75) is 25.8 Å². The van der Waals surface area contributed by atoms with E-state index in [-0.39, 0.29) is 11.9 Å². The first-order chi connectivity index (χ1) is 7.54. The number of nitrogens with two attached hydrogens (primary N) is 1. The average Bonchev–Trinajstić information content (AvgIpc) is 2.30. The number of nitrogens with zero attached hydrogens (tertiary/aromatic N) is 3. The van der Waals surface area contributed by atoms with Gasteiger partial charge in [-0.25, -0.2) is 0 Å². The van der Waals surface area contributed by atoms with E-state index in [1.54, 1.807) is 0 Å². The quantitative estimate of drug-likeness (QED) is 0.316. The van der Waals surface area contributed by atoms with E-state index in [2.05, 4.69) is 22.0 Å². The third-order valence-corrected chi connectivity index (χ3v) is 3.59. The number of piperidine rings is 1. The van der Waals surface area contributed by atoms with Crippen molar-refractivity contribution in [2.75, 3.05) is 33.7 Å². The minimum Gasteiger partial charge on any atom is -0.409 e. The largest absolute Gasteiger partial charge is 0.409 e. The summed E-state index contributed by atoms with van der Waals surface area (Å²) in [5.74, 6) is 1.02. The highest BCUT2D eigenvalue weighted by Gasteiger charge is 2.21. The SMILES string of the molecule is CC(C(N)=NO)N(C)CC1CCN(C)CC1. The van der Waals surface area contributed by atoms with Gasteiger partial charge in [-0.15, -0.1) is 0 Å². The summed E-state index contributed by atoms with van der Waals surface area (Å²) in [6.07, 6.45) is 2.48. The molecule has 16 heavy (non-hydrogen) atoms. The Morgan fingerprint density at radius 2 is 2.12 bits per heavy atom. The van der Waals surface area contributed by atoms with Crippen LogP contribution in [0.15, 0.2) is 5.16 Å². The zero-order valence-electron chi connectivity index (χ0n) is 10.6. The second-order valence-electron chi connectivity index (χ2n) is 4.89. The van der Waals surface area contributed by atoms with Gasteiger partial charge in [0.15, 0.2) is 5.84 Å². The molecule has 5 heteroatoms. The molecule has 0 aromatic carbocycles. The van der Waals surface area contributed by atoms with Crippen LogP contribution in [0.3, 0.4) is 0 Å². The fourth-order valence-corrected chi connectivity index (χ4v) is 2.12. The molecule has 1 atom stereocenters. The first kappa shape index (κ1) is 13.3. The number of hydrogen-bond acceptors (Lipinski definition) is 4. The second-order valence-corrected chi connectivity index (χ2v) is 4.89. The van der Waals surface area contributed by atoms with Gasteiger partial charge >= 0.3 is 0 Å². The number of likely N-dealkylation sites (N-methyl/N-ethyl adjacent to an activating group) is 1. The van der Waals surface area contributed by atoms with Crippen LogP contribution in [0.4, 0.5) is 0 Å². The van der Waals surface area contributed by atoms with Crippen LogP contribution in [0, 0.1) is 5.92 Å². The van der Waals surface area contributed by atoms with Gasteiger partial charge in [-0.05, 0) is 52.9 Å². The fraction of sp³-hybridized carbons (Fsp3) is 0.909. The molecule has 1 heterocycles. The lowest BCUT2D eigenvalue weighted by molar-refractivity contribution is 0.168. The van der Waals surface area contributed by atoms with Crippen molar-refractivity contribution in [3.05, 3.63) is 0 Å². The van der Waals surface area contributed by atoms with Crippen molar-refractivity contribution in [1.29, 1.82) is 0 Å². The van der Waals surface area contributed by atoms with Crippen LogP contribution in [0.1, 0.15) is 19.8 Å². The van der Waals surface area contributed by atoms with Gasteiger partial charge in [-0.3, -0.25) is 4.90 Å². The Hall–Kier alpha value is -0.810. The zero-order valence-corrected chi connectivity index (χ0v) is 10.6. The molecule has 1 fully saturated rings. The van der Waals surface area contributed by atoms with Gasteiger partial charge in [0.25, 0.3) is 0 Å². The van der Waals surface area contributed by atoms with Gasteiger partial charge < -0.3 is 15.8 Å². The summed E-state index contributed by atoms with van der Waals surface area (Å²) in [5, 5.41) is 11.7. The topological polar surface area (TPSA) is 65.1 Å². The van der Waals surface area contributed by atoms with Crippen LogP contribution in [0.2, 0.25) is 0 Å². The molecule has 5 nitrogen and oxygen atoms in total. The summed E-state index contributed by atoms with van der Waals surface area (Å²) in [7, 11) is 4.19. The van der Waals surface area contributed by atoms with Crippen LogP contribution in [0.25, 0.3) is 0 Å². The first-order valence-electron chi connectivity index (χ1n) is 5.90. The van der Waals surface area contributed by atoms with Crippen molar-refractivity contribution >= 4 is 5.84 Å². The predicted octanol–water partition coefficient (Wildman–Crippen LogP) is 0.395. The maximum atomic E-state index is 8.62. The van der Waals surface area contributed by atoms with Gasteiger partial charge in [-0.2, -0.15) is 0 Å². The fourth-order valence-electron chi connectivity index (χ4n) is 2.12. The van der Waals surface area contributed by atoms with Gasteiger partial charge in [0.2, 0.25) is 0 Å². The monoisotopic (exact) mass is 228 g/mol. The number of rotatable bonds is 4. The molecule has 0 saturated carbocycles. The van der Waals surface area contributed by atoms with E-state index >= 15 is 0 Å². The molecule has 0 aromatic heterocycles. The van der Waals surface area contributed by atoms with Crippen LogP contribution < -0.4 is 5.73 Å². The molecule has 94 valence electrons. The van der Waals surface area contributed by atoms with E-state index in [0.717, 1.165) is 12.5 Å². The van der Waals surface area contributed by atoms with E-state index < -0.39 is 0 Å². The molecular formula is C11H24N4O. The van der Waals surface area contributed by atoms with Gasteiger partial charge in [0, 0.05) is 6.54 Å². The molecule has 1 aliphatic rings. The first-order valence-corrected chi connectivity index (χ1v) is 5.90. The van der Waals surface area contributed by atoms with Crippen LogP contribution in [-0.4, -0.2) is 60.6 Å². The smallest absolute Gasteiger partial charge is 0.156 e. The van der Waals surface area contributed by atoms with Crippen molar-refractivity contribution in [3.63, 3.8) is 0 Å². The van der Waals surface area contributed by atoms with Gasteiger partial charge in [-0.1, -0.05) is 5.16 Å². The van der Waals surface area contributed by atoms with Crippen molar-refractivity contribution in [3.8, 4) is 0 Å². The Kier molecular flexibility index (Phi) is 5.02. The molecule has 0 bridgehead atoms. The molecule has 0 aromatic rings. The molecule has 1 saturated heterocycles. The van der Waals surface area contributed by atoms with Crippen molar-refractivity contribution in [1.82, 2.24) is 9.80 Å². The second kappa shape index (κ2) is 6.06. The lowest BCUT2D eigenvalue weighted by Crippen LogP contribution is -2.44. The van der Waals surface area contributed by atoms with E-state index in [0.29, 0.717) is 0 Å². The minimum absolute atomic E-state index is 0.00431. The van der Waals surface area contributed by atoms with Crippen LogP contribution in [-0.2, 0) is 0 Å². The molecule has 0 aliphatic carbocycles. The Morgan fingerprint density at radius 1 is 1.56 bits per heavy atom. The minimum atomic E-state index is 0.00431. The van der Waals surface area contributed by atoms with E-state index in [1.807, 2.05) is 14.0 Å². The molecule has 0 amide bonds. The number of hydrogen-bond donors (Lipinski definition) is 2. The van der Waals surface area contributed by atoms with Crippen molar-refractivity contribution in [2.24, 2.45) is 16.8 Å². The molecule has 3 N–H and O–H groups in total. The summed E-state index contributed by atoms with van der Waals surface area (Å²) in [6, 6.07) is 0.00431. The van der Waals surface area contributed by atoms with E-state index in [1.165, 1.54) is 25.9 Å². The summed E-state index contributed by atoms with van der Waals surface area (Å²) in [5.41, 5.74) is 5.59. The molecule has 0 spiro atoms. The predicted molar refractivity (Wildman–Crippen MR) is 65.7 cm³/mol. The zero-order chi connectivity index (χ0) is 12.1. The normalized spacial score (nSPS) is 22.6. The van der Waals surface area contributed by atoms with Crippen LogP contribution in [0.5, 0.6) is 0 Å². The number of likely N-dealkylation sites (tertiary alicyclic amines) is 1. The van der Waals surface area contributed by atoms with Gasteiger partial charge in [0.1, 0.15) is 0 Å². The van der Waals surface area contributed by atoms with E-state index in [4.69, 9.17) is 10.9 Å². The third-order valence-electron chi connectivity index (χ3n) is 3.59. The van der Waals surface area contributed by atoms with Crippen LogP contribution >= 0.6 is 0 Å².